The molecule has 0 bridgehead atoms. The fourth-order valence-corrected chi connectivity index (χ4v) is 3.50. The average Bonchev–Trinajstić information content (AvgIpc) is 2.68. The van der Waals surface area contributed by atoms with E-state index in [0.29, 0.717) is 5.02 Å². The van der Waals surface area contributed by atoms with Gasteiger partial charge in [0.2, 0.25) is 0 Å². The van der Waals surface area contributed by atoms with E-state index in [1.807, 2.05) is 0 Å². The molecule has 4 heteroatoms. The van der Waals surface area contributed by atoms with E-state index in [9.17, 15) is 4.39 Å². The van der Waals surface area contributed by atoms with Crippen molar-refractivity contribution in [2.24, 2.45) is 0 Å². The Morgan fingerprint density at radius 2 is 1.95 bits per heavy atom. The van der Waals surface area contributed by atoms with Crippen LogP contribution in [0.4, 0.5) is 4.39 Å². The molecule has 2 aromatic carbocycles. The van der Waals surface area contributed by atoms with Gasteiger partial charge >= 0.3 is 0 Å². The van der Waals surface area contributed by atoms with Crippen LogP contribution in [-0.2, 0) is 13.0 Å². The van der Waals surface area contributed by atoms with Crippen LogP contribution in [0.15, 0.2) is 42.5 Å². The zero-order valence-corrected chi connectivity index (χ0v) is 12.8. The molecule has 0 saturated carbocycles. The van der Waals surface area contributed by atoms with Crippen molar-refractivity contribution in [3.8, 4) is 11.1 Å². The lowest BCUT2D eigenvalue weighted by molar-refractivity contribution is 0.628. The Morgan fingerprint density at radius 1 is 1.05 bits per heavy atom. The van der Waals surface area contributed by atoms with Crippen molar-refractivity contribution in [2.45, 2.75) is 13.0 Å². The van der Waals surface area contributed by atoms with Crippen LogP contribution in [0.1, 0.15) is 5.69 Å². The summed E-state index contributed by atoms with van der Waals surface area (Å²) in [6.07, 6.45) is 1.04. The SMILES string of the molecule is Fc1ccc(-c2ccc3c(c2)cc2n3CCNCC2)c(Cl)c1. The van der Waals surface area contributed by atoms with E-state index in [-0.39, 0.29) is 5.82 Å². The Bertz CT molecular complexity index is 854. The molecule has 22 heavy (non-hydrogen) atoms. The topological polar surface area (TPSA) is 17.0 Å². The van der Waals surface area contributed by atoms with E-state index in [1.165, 1.54) is 28.7 Å². The van der Waals surface area contributed by atoms with E-state index < -0.39 is 0 Å². The van der Waals surface area contributed by atoms with Gasteiger partial charge in [0.15, 0.2) is 0 Å². The zero-order chi connectivity index (χ0) is 15.1. The predicted octanol–water partition coefficient (Wildman–Crippen LogP) is 4.25. The summed E-state index contributed by atoms with van der Waals surface area (Å²) in [5, 5.41) is 5.09. The number of nitrogens with one attached hydrogen (secondary N) is 1. The molecule has 1 aromatic heterocycles. The maximum Gasteiger partial charge on any atom is 0.124 e. The van der Waals surface area contributed by atoms with Crippen LogP contribution in [0.2, 0.25) is 5.02 Å². The molecular weight excluding hydrogens is 299 g/mol. The monoisotopic (exact) mass is 314 g/mol. The van der Waals surface area contributed by atoms with Gasteiger partial charge in [0.25, 0.3) is 0 Å². The summed E-state index contributed by atoms with van der Waals surface area (Å²) in [5.74, 6) is -0.307. The second kappa shape index (κ2) is 5.41. The maximum absolute atomic E-state index is 13.2. The molecule has 1 aliphatic rings. The van der Waals surface area contributed by atoms with Crippen LogP contribution in [0.5, 0.6) is 0 Å². The summed E-state index contributed by atoms with van der Waals surface area (Å²) in [5.41, 5.74) is 4.51. The van der Waals surface area contributed by atoms with Gasteiger partial charge in [0.05, 0.1) is 5.02 Å². The number of fused-ring (bicyclic) bond motifs is 3. The maximum atomic E-state index is 13.2. The first-order valence-corrected chi connectivity index (χ1v) is 7.88. The van der Waals surface area contributed by atoms with Crippen molar-refractivity contribution in [1.82, 2.24) is 9.88 Å². The fraction of sp³-hybridized carbons (Fsp3) is 0.222. The first-order chi connectivity index (χ1) is 10.7. The molecule has 2 nitrogen and oxygen atoms in total. The van der Waals surface area contributed by atoms with Crippen LogP contribution in [0, 0.1) is 5.82 Å². The number of hydrogen-bond acceptors (Lipinski definition) is 1. The number of benzene rings is 2. The summed E-state index contributed by atoms with van der Waals surface area (Å²) in [6, 6.07) is 13.1. The van der Waals surface area contributed by atoms with Gasteiger partial charge in [-0.05, 0) is 42.0 Å². The largest absolute Gasteiger partial charge is 0.343 e. The zero-order valence-electron chi connectivity index (χ0n) is 12.1. The first kappa shape index (κ1) is 13.8. The Balaban J connectivity index is 1.84. The standard InChI is InChI=1S/C18H16ClFN2/c19-17-11-14(20)2-3-16(17)12-1-4-18-13(9-12)10-15-5-6-21-7-8-22(15)18/h1-4,9-11,21H,5-8H2. The molecule has 0 aliphatic carbocycles. The molecule has 3 aromatic rings. The molecule has 0 spiro atoms. The minimum Gasteiger partial charge on any atom is -0.343 e. The van der Waals surface area contributed by atoms with Gasteiger partial charge in [0.1, 0.15) is 5.82 Å². The summed E-state index contributed by atoms with van der Waals surface area (Å²) >= 11 is 6.18. The van der Waals surface area contributed by atoms with Gasteiger partial charge in [-0.1, -0.05) is 17.7 Å². The number of nitrogens with zero attached hydrogens (tertiary/aromatic N) is 1. The van der Waals surface area contributed by atoms with Gasteiger partial charge in [-0.15, -0.1) is 0 Å². The molecule has 0 saturated heterocycles. The van der Waals surface area contributed by atoms with Gasteiger partial charge in [-0.2, -0.15) is 0 Å². The summed E-state index contributed by atoms with van der Waals surface area (Å²) in [6.45, 7) is 3.02. The van der Waals surface area contributed by atoms with E-state index in [2.05, 4.69) is 34.1 Å². The van der Waals surface area contributed by atoms with Crippen LogP contribution in [0.3, 0.4) is 0 Å². The van der Waals surface area contributed by atoms with E-state index in [1.54, 1.807) is 6.07 Å². The Kier molecular flexibility index (Phi) is 3.40. The number of halogens is 2. The van der Waals surface area contributed by atoms with Gasteiger partial charge in [0, 0.05) is 48.2 Å². The molecule has 0 amide bonds. The molecule has 2 heterocycles. The second-order valence-electron chi connectivity index (χ2n) is 5.69. The van der Waals surface area contributed by atoms with Gasteiger partial charge < -0.3 is 9.88 Å². The molecule has 1 aliphatic heterocycles. The molecule has 4 rings (SSSR count). The third kappa shape index (κ3) is 2.31. The van der Waals surface area contributed by atoms with Crippen molar-refractivity contribution in [3.63, 3.8) is 0 Å². The minimum absolute atomic E-state index is 0.307. The van der Waals surface area contributed by atoms with Crippen LogP contribution < -0.4 is 5.32 Å². The Hall–Kier alpha value is -1.84. The Labute approximate surface area is 133 Å². The van der Waals surface area contributed by atoms with E-state index in [0.717, 1.165) is 37.2 Å². The molecule has 0 fully saturated rings. The Morgan fingerprint density at radius 3 is 2.82 bits per heavy atom. The number of aromatic nitrogens is 1. The second-order valence-corrected chi connectivity index (χ2v) is 6.09. The van der Waals surface area contributed by atoms with E-state index >= 15 is 0 Å². The highest BCUT2D eigenvalue weighted by molar-refractivity contribution is 6.33. The van der Waals surface area contributed by atoms with E-state index in [4.69, 9.17) is 11.6 Å². The highest BCUT2D eigenvalue weighted by atomic mass is 35.5. The first-order valence-electron chi connectivity index (χ1n) is 7.51. The predicted molar refractivity (Wildman–Crippen MR) is 88.9 cm³/mol. The van der Waals surface area contributed by atoms with Crippen molar-refractivity contribution in [1.29, 1.82) is 0 Å². The fourth-order valence-electron chi connectivity index (χ4n) is 3.22. The van der Waals surface area contributed by atoms with Crippen molar-refractivity contribution >= 4 is 22.5 Å². The van der Waals surface area contributed by atoms with Crippen LogP contribution >= 0.6 is 11.6 Å². The molecule has 1 N–H and O–H groups in total. The lowest BCUT2D eigenvalue weighted by Gasteiger charge is -2.08. The quantitative estimate of drug-likeness (QED) is 0.710. The number of rotatable bonds is 1. The third-order valence-electron chi connectivity index (χ3n) is 4.30. The minimum atomic E-state index is -0.307. The molecule has 0 atom stereocenters. The summed E-state index contributed by atoms with van der Waals surface area (Å²) < 4.78 is 15.6. The van der Waals surface area contributed by atoms with Crippen LogP contribution in [-0.4, -0.2) is 17.7 Å². The van der Waals surface area contributed by atoms with Crippen molar-refractivity contribution in [2.75, 3.05) is 13.1 Å². The highest BCUT2D eigenvalue weighted by Gasteiger charge is 2.13. The normalized spacial score (nSPS) is 14.8. The summed E-state index contributed by atoms with van der Waals surface area (Å²) in [4.78, 5) is 0. The lowest BCUT2D eigenvalue weighted by Crippen LogP contribution is -2.17. The van der Waals surface area contributed by atoms with Gasteiger partial charge in [-0.3, -0.25) is 0 Å². The molecular formula is C18H16ClFN2. The van der Waals surface area contributed by atoms with Crippen molar-refractivity contribution in [3.05, 3.63) is 59.0 Å². The molecule has 112 valence electrons. The van der Waals surface area contributed by atoms with Crippen molar-refractivity contribution < 1.29 is 4.39 Å². The summed E-state index contributed by atoms with van der Waals surface area (Å²) in [7, 11) is 0. The average molecular weight is 315 g/mol. The van der Waals surface area contributed by atoms with Gasteiger partial charge in [-0.25, -0.2) is 4.39 Å². The number of hydrogen-bond donors (Lipinski definition) is 1. The smallest absolute Gasteiger partial charge is 0.124 e. The molecule has 0 unspecified atom stereocenters. The lowest BCUT2D eigenvalue weighted by atomic mass is 10.0. The van der Waals surface area contributed by atoms with Crippen LogP contribution in [0.25, 0.3) is 22.0 Å². The highest BCUT2D eigenvalue weighted by Crippen LogP contribution is 2.32. The third-order valence-corrected chi connectivity index (χ3v) is 4.61. The molecule has 0 radical (unpaired) electrons.